The summed E-state index contributed by atoms with van der Waals surface area (Å²) in [7, 11) is -0.906. The molecule has 0 amide bonds. The van der Waals surface area contributed by atoms with Crippen LogP contribution in [0.3, 0.4) is 0 Å². The summed E-state index contributed by atoms with van der Waals surface area (Å²) in [6.45, 7) is 4.36. The van der Waals surface area contributed by atoms with E-state index in [4.69, 9.17) is 0 Å². The first-order valence-corrected chi connectivity index (χ1v) is 9.34. The number of piperidine rings is 1. The van der Waals surface area contributed by atoms with Crippen molar-refractivity contribution in [3.8, 4) is 0 Å². The Morgan fingerprint density at radius 1 is 1.38 bits per heavy atom. The topological polar surface area (TPSA) is 66.4 Å². The fourth-order valence-electron chi connectivity index (χ4n) is 2.58. The number of aromatic nitrogens is 2. The summed E-state index contributed by atoms with van der Waals surface area (Å²) in [4.78, 5) is 4.38. The molecule has 0 bridgehead atoms. The Morgan fingerprint density at radius 3 is 2.76 bits per heavy atom. The van der Waals surface area contributed by atoms with Crippen molar-refractivity contribution >= 4 is 15.7 Å². The van der Waals surface area contributed by atoms with Gasteiger partial charge in [-0.15, -0.1) is 5.10 Å². The Kier molecular flexibility index (Phi) is 5.16. The highest BCUT2D eigenvalue weighted by atomic mass is 32.2. The molecule has 1 saturated heterocycles. The van der Waals surface area contributed by atoms with Gasteiger partial charge in [-0.3, -0.25) is 0 Å². The summed E-state index contributed by atoms with van der Waals surface area (Å²) >= 11 is 0. The molecule has 0 aliphatic carbocycles. The molecule has 1 aliphatic heterocycles. The fourth-order valence-corrected chi connectivity index (χ4v) is 3.20. The minimum absolute atomic E-state index is 0.213. The van der Waals surface area contributed by atoms with E-state index in [-0.39, 0.29) is 5.75 Å². The molecule has 2 heterocycles. The number of nitrogens with zero attached hydrogens (tertiary/aromatic N) is 4. The van der Waals surface area contributed by atoms with Crippen LogP contribution >= 0.6 is 0 Å². The fraction of sp³-hybridized carbons (Fsp3) is 0.714. The highest BCUT2D eigenvalue weighted by molar-refractivity contribution is 7.90. The Hall–Kier alpha value is -1.21. The van der Waals surface area contributed by atoms with E-state index in [0.29, 0.717) is 12.6 Å². The molecular formula is C14H24N4O2S. The van der Waals surface area contributed by atoms with E-state index >= 15 is 0 Å². The van der Waals surface area contributed by atoms with Crippen molar-refractivity contribution in [2.75, 3.05) is 43.6 Å². The predicted molar refractivity (Wildman–Crippen MR) is 84.3 cm³/mol. The van der Waals surface area contributed by atoms with Gasteiger partial charge < -0.3 is 9.80 Å². The van der Waals surface area contributed by atoms with E-state index < -0.39 is 9.84 Å². The first-order valence-electron chi connectivity index (χ1n) is 7.28. The third-order valence-corrected chi connectivity index (χ3v) is 4.87. The smallest absolute Gasteiger partial charge is 0.151 e. The van der Waals surface area contributed by atoms with Crippen molar-refractivity contribution in [1.82, 2.24) is 15.1 Å². The van der Waals surface area contributed by atoms with Gasteiger partial charge in [-0.1, -0.05) is 0 Å². The van der Waals surface area contributed by atoms with E-state index in [2.05, 4.69) is 20.0 Å². The molecule has 1 aromatic heterocycles. The first-order chi connectivity index (χ1) is 9.85. The van der Waals surface area contributed by atoms with Gasteiger partial charge in [-0.2, -0.15) is 5.10 Å². The molecule has 0 radical (unpaired) electrons. The molecule has 118 valence electrons. The van der Waals surface area contributed by atoms with Gasteiger partial charge in [0.15, 0.2) is 5.82 Å². The number of likely N-dealkylation sites (N-methyl/N-ethyl adjacent to an activating group) is 1. The Morgan fingerprint density at radius 2 is 2.14 bits per heavy atom. The molecule has 1 aromatic rings. The highest BCUT2D eigenvalue weighted by Gasteiger charge is 2.24. The van der Waals surface area contributed by atoms with E-state index in [1.807, 2.05) is 26.1 Å². The van der Waals surface area contributed by atoms with Crippen LogP contribution < -0.4 is 4.90 Å². The van der Waals surface area contributed by atoms with E-state index in [1.54, 1.807) is 0 Å². The molecule has 1 aliphatic rings. The van der Waals surface area contributed by atoms with E-state index in [9.17, 15) is 8.42 Å². The summed E-state index contributed by atoms with van der Waals surface area (Å²) in [6.07, 6.45) is 3.47. The summed E-state index contributed by atoms with van der Waals surface area (Å²) in [6, 6.07) is 4.34. The summed E-state index contributed by atoms with van der Waals surface area (Å²) in [5, 5.41) is 8.35. The Bertz CT molecular complexity index is 559. The molecule has 0 unspecified atom stereocenters. The third kappa shape index (κ3) is 4.93. The van der Waals surface area contributed by atoms with Crippen LogP contribution in [-0.4, -0.2) is 68.2 Å². The SMILES string of the molecule is Cc1ccc(N2CCC[C@H](N(C)CCS(C)(=O)=O)C2)nn1. The van der Waals surface area contributed by atoms with Gasteiger partial charge in [0.25, 0.3) is 0 Å². The molecule has 1 atom stereocenters. The maximum atomic E-state index is 11.3. The maximum absolute atomic E-state index is 11.3. The third-order valence-electron chi connectivity index (χ3n) is 3.94. The second-order valence-electron chi connectivity index (χ2n) is 5.89. The lowest BCUT2D eigenvalue weighted by Crippen LogP contribution is -2.48. The van der Waals surface area contributed by atoms with E-state index in [0.717, 1.165) is 37.4 Å². The Labute approximate surface area is 127 Å². The largest absolute Gasteiger partial charge is 0.354 e. The number of sulfone groups is 1. The summed E-state index contributed by atoms with van der Waals surface area (Å²) in [5.41, 5.74) is 0.914. The van der Waals surface area contributed by atoms with Crippen LogP contribution in [-0.2, 0) is 9.84 Å². The van der Waals surface area contributed by atoms with Crippen molar-refractivity contribution in [3.63, 3.8) is 0 Å². The standard InChI is InChI=1S/C14H24N4O2S/c1-12-6-7-14(16-15-12)18-8-4-5-13(11-18)17(2)9-10-21(3,19)20/h6-7,13H,4-5,8-11H2,1-3H3/t13-/m0/s1. The molecule has 0 saturated carbocycles. The lowest BCUT2D eigenvalue weighted by Gasteiger charge is -2.38. The first kappa shape index (κ1) is 16.2. The van der Waals surface area contributed by atoms with E-state index in [1.165, 1.54) is 6.26 Å². The van der Waals surface area contributed by atoms with Crippen LogP contribution in [0, 0.1) is 6.92 Å². The van der Waals surface area contributed by atoms with Crippen molar-refractivity contribution in [1.29, 1.82) is 0 Å². The molecule has 6 nitrogen and oxygen atoms in total. The minimum atomic E-state index is -2.91. The molecule has 7 heteroatoms. The van der Waals surface area contributed by atoms with Crippen LogP contribution in [0.1, 0.15) is 18.5 Å². The second-order valence-corrected chi connectivity index (χ2v) is 8.15. The molecule has 0 spiro atoms. The zero-order valence-electron chi connectivity index (χ0n) is 13.0. The van der Waals surface area contributed by atoms with Crippen LogP contribution in [0.5, 0.6) is 0 Å². The number of anilines is 1. The van der Waals surface area contributed by atoms with Crippen molar-refractivity contribution in [2.24, 2.45) is 0 Å². The van der Waals surface area contributed by atoms with Gasteiger partial charge in [0.05, 0.1) is 11.4 Å². The molecular weight excluding hydrogens is 288 g/mol. The molecule has 21 heavy (non-hydrogen) atoms. The van der Waals surface area contributed by atoms with Crippen LogP contribution in [0.4, 0.5) is 5.82 Å². The molecule has 0 N–H and O–H groups in total. The number of hydrogen-bond acceptors (Lipinski definition) is 6. The van der Waals surface area contributed by atoms with Gasteiger partial charge in [-0.05, 0) is 38.9 Å². The lowest BCUT2D eigenvalue weighted by atomic mass is 10.0. The predicted octanol–water partition coefficient (Wildman–Crippen LogP) is 0.730. The lowest BCUT2D eigenvalue weighted by molar-refractivity contribution is 0.226. The minimum Gasteiger partial charge on any atom is -0.354 e. The summed E-state index contributed by atoms with van der Waals surface area (Å²) in [5.74, 6) is 1.12. The van der Waals surface area contributed by atoms with Crippen molar-refractivity contribution in [2.45, 2.75) is 25.8 Å². The van der Waals surface area contributed by atoms with Gasteiger partial charge in [0.1, 0.15) is 9.84 Å². The zero-order valence-corrected chi connectivity index (χ0v) is 13.8. The monoisotopic (exact) mass is 312 g/mol. The van der Waals surface area contributed by atoms with Gasteiger partial charge >= 0.3 is 0 Å². The van der Waals surface area contributed by atoms with Crippen molar-refractivity contribution in [3.05, 3.63) is 17.8 Å². The van der Waals surface area contributed by atoms with Gasteiger partial charge in [-0.25, -0.2) is 8.42 Å². The Balaban J connectivity index is 1.95. The van der Waals surface area contributed by atoms with Crippen LogP contribution in [0.25, 0.3) is 0 Å². The quantitative estimate of drug-likeness (QED) is 0.798. The highest BCUT2D eigenvalue weighted by Crippen LogP contribution is 2.19. The summed E-state index contributed by atoms with van der Waals surface area (Å²) < 4.78 is 22.6. The maximum Gasteiger partial charge on any atom is 0.151 e. The normalized spacial score (nSPS) is 20.0. The second kappa shape index (κ2) is 6.70. The average molecular weight is 312 g/mol. The van der Waals surface area contributed by atoms with Gasteiger partial charge in [0, 0.05) is 31.9 Å². The van der Waals surface area contributed by atoms with Crippen LogP contribution in [0.15, 0.2) is 12.1 Å². The van der Waals surface area contributed by atoms with Crippen molar-refractivity contribution < 1.29 is 8.42 Å². The number of hydrogen-bond donors (Lipinski definition) is 0. The van der Waals surface area contributed by atoms with Crippen LogP contribution in [0.2, 0.25) is 0 Å². The molecule has 0 aromatic carbocycles. The molecule has 1 fully saturated rings. The number of rotatable bonds is 5. The van der Waals surface area contributed by atoms with Gasteiger partial charge in [0.2, 0.25) is 0 Å². The zero-order chi connectivity index (χ0) is 15.5. The molecule has 2 rings (SSSR count). The number of aryl methyl sites for hydroxylation is 1. The average Bonchev–Trinajstić information content (AvgIpc) is 2.45.